The Hall–Kier alpha value is -3.60. The zero-order valence-corrected chi connectivity index (χ0v) is 18.3. The van der Waals surface area contributed by atoms with Gasteiger partial charge in [0.25, 0.3) is 5.91 Å². The van der Waals surface area contributed by atoms with E-state index in [4.69, 9.17) is 16.3 Å². The second kappa shape index (κ2) is 9.90. The van der Waals surface area contributed by atoms with Gasteiger partial charge in [-0.2, -0.15) is 0 Å². The standard InChI is InChI=1S/C23H23FN4O4S/c24-18-8-9-21(33(27,31)32)20(12-18)15-4-6-16(7-5-15)23(30)28-19(13-29)11-14-2-1-3-17(10-14)22(25)26/h1-10,12,19,29H,11,13H2,(H3,25,26)(H,28,30)(H2,27,31,32)/t19-/m0/s1. The van der Waals surface area contributed by atoms with Gasteiger partial charge in [0, 0.05) is 16.7 Å². The number of carbonyl (C=O) groups excluding carboxylic acids is 1. The lowest BCUT2D eigenvalue weighted by molar-refractivity contribution is 0.0916. The van der Waals surface area contributed by atoms with Crippen LogP contribution in [-0.4, -0.2) is 37.9 Å². The highest BCUT2D eigenvalue weighted by atomic mass is 32.2. The van der Waals surface area contributed by atoms with Gasteiger partial charge in [-0.25, -0.2) is 17.9 Å². The van der Waals surface area contributed by atoms with E-state index < -0.39 is 27.8 Å². The molecule has 0 aliphatic carbocycles. The quantitative estimate of drug-likeness (QED) is 0.250. The monoisotopic (exact) mass is 470 g/mol. The van der Waals surface area contributed by atoms with Crippen molar-refractivity contribution in [3.8, 4) is 11.1 Å². The van der Waals surface area contributed by atoms with Gasteiger partial charge >= 0.3 is 0 Å². The number of aliphatic hydroxyl groups excluding tert-OH is 1. The van der Waals surface area contributed by atoms with Crippen molar-refractivity contribution in [2.75, 3.05) is 6.61 Å². The van der Waals surface area contributed by atoms with Crippen LogP contribution in [0.4, 0.5) is 4.39 Å². The van der Waals surface area contributed by atoms with Crippen LogP contribution in [0.15, 0.2) is 71.6 Å². The number of nitrogen functional groups attached to an aromatic ring is 1. The Labute approximate surface area is 190 Å². The average Bonchev–Trinajstić information content (AvgIpc) is 2.78. The minimum absolute atomic E-state index is 0.0783. The Bertz CT molecular complexity index is 1290. The van der Waals surface area contributed by atoms with Crippen LogP contribution < -0.4 is 16.2 Å². The number of nitrogens with two attached hydrogens (primary N) is 2. The summed E-state index contributed by atoms with van der Waals surface area (Å²) in [7, 11) is -4.08. The fourth-order valence-electron chi connectivity index (χ4n) is 3.36. The number of sulfonamides is 1. The molecule has 0 aromatic heterocycles. The summed E-state index contributed by atoms with van der Waals surface area (Å²) in [5.41, 5.74) is 7.56. The van der Waals surface area contributed by atoms with E-state index in [-0.39, 0.29) is 28.5 Å². The van der Waals surface area contributed by atoms with Crippen molar-refractivity contribution >= 4 is 21.8 Å². The molecule has 10 heteroatoms. The molecule has 172 valence electrons. The summed E-state index contributed by atoms with van der Waals surface area (Å²) in [5, 5.41) is 25.2. The number of amides is 1. The molecule has 0 bridgehead atoms. The normalized spacial score (nSPS) is 12.2. The summed E-state index contributed by atoms with van der Waals surface area (Å²) >= 11 is 0. The lowest BCUT2D eigenvalue weighted by Gasteiger charge is -2.17. The Morgan fingerprint density at radius 2 is 1.76 bits per heavy atom. The Morgan fingerprint density at radius 1 is 1.06 bits per heavy atom. The molecule has 33 heavy (non-hydrogen) atoms. The minimum atomic E-state index is -4.08. The molecule has 0 spiro atoms. The van der Waals surface area contributed by atoms with E-state index in [2.05, 4.69) is 5.32 Å². The maximum absolute atomic E-state index is 13.7. The van der Waals surface area contributed by atoms with E-state index in [1.807, 2.05) is 0 Å². The van der Waals surface area contributed by atoms with Crippen molar-refractivity contribution in [3.05, 3.63) is 89.2 Å². The molecule has 0 heterocycles. The van der Waals surface area contributed by atoms with E-state index in [0.717, 1.165) is 23.8 Å². The molecule has 1 atom stereocenters. The number of nitrogens with one attached hydrogen (secondary N) is 2. The summed E-state index contributed by atoms with van der Waals surface area (Å²) in [6, 6.07) is 15.4. The first-order chi connectivity index (χ1) is 15.6. The topological polar surface area (TPSA) is 159 Å². The largest absolute Gasteiger partial charge is 0.394 e. The molecule has 0 unspecified atom stereocenters. The predicted molar refractivity (Wildman–Crippen MR) is 123 cm³/mol. The highest BCUT2D eigenvalue weighted by Crippen LogP contribution is 2.28. The maximum atomic E-state index is 13.7. The molecule has 0 saturated heterocycles. The smallest absolute Gasteiger partial charge is 0.251 e. The second-order valence-electron chi connectivity index (χ2n) is 7.43. The summed E-state index contributed by atoms with van der Waals surface area (Å²) in [4.78, 5) is 12.4. The third-order valence-corrected chi connectivity index (χ3v) is 5.95. The Kier molecular flexibility index (Phi) is 7.22. The molecular weight excluding hydrogens is 447 g/mol. The molecule has 0 aliphatic heterocycles. The van der Waals surface area contributed by atoms with Gasteiger partial charge in [-0.15, -0.1) is 0 Å². The van der Waals surface area contributed by atoms with Gasteiger partial charge in [-0.05, 0) is 53.9 Å². The number of benzene rings is 3. The van der Waals surface area contributed by atoms with Gasteiger partial charge in [0.05, 0.1) is 17.5 Å². The first-order valence-corrected chi connectivity index (χ1v) is 11.4. The number of aliphatic hydroxyl groups is 1. The van der Waals surface area contributed by atoms with Gasteiger partial charge in [0.1, 0.15) is 11.7 Å². The second-order valence-corrected chi connectivity index (χ2v) is 8.96. The van der Waals surface area contributed by atoms with Crippen LogP contribution in [-0.2, 0) is 16.4 Å². The van der Waals surface area contributed by atoms with E-state index >= 15 is 0 Å². The van der Waals surface area contributed by atoms with Crippen LogP contribution in [0.1, 0.15) is 21.5 Å². The molecule has 0 saturated carbocycles. The van der Waals surface area contributed by atoms with Crippen LogP contribution in [0, 0.1) is 11.2 Å². The lowest BCUT2D eigenvalue weighted by atomic mass is 10.0. The third kappa shape index (κ3) is 6.01. The van der Waals surface area contributed by atoms with Crippen LogP contribution in [0.3, 0.4) is 0 Å². The van der Waals surface area contributed by atoms with Crippen molar-refractivity contribution in [1.82, 2.24) is 5.32 Å². The molecule has 7 N–H and O–H groups in total. The highest BCUT2D eigenvalue weighted by Gasteiger charge is 2.18. The number of hydrogen-bond donors (Lipinski definition) is 5. The van der Waals surface area contributed by atoms with E-state index in [1.165, 1.54) is 24.3 Å². The maximum Gasteiger partial charge on any atom is 0.251 e. The summed E-state index contributed by atoms with van der Waals surface area (Å²) < 4.78 is 37.4. The van der Waals surface area contributed by atoms with Gasteiger partial charge in [0.15, 0.2) is 0 Å². The summed E-state index contributed by atoms with van der Waals surface area (Å²) in [5.74, 6) is -1.15. The molecule has 3 aromatic rings. The Balaban J connectivity index is 1.77. The van der Waals surface area contributed by atoms with Crippen LogP contribution >= 0.6 is 0 Å². The fourth-order valence-corrected chi connectivity index (χ4v) is 4.10. The van der Waals surface area contributed by atoms with Gasteiger partial charge in [-0.3, -0.25) is 10.2 Å². The van der Waals surface area contributed by atoms with E-state index in [0.29, 0.717) is 17.5 Å². The summed E-state index contributed by atoms with van der Waals surface area (Å²) in [6.07, 6.45) is 0.322. The molecule has 1 amide bonds. The molecule has 0 aliphatic rings. The first kappa shape index (κ1) is 24.1. The molecule has 8 nitrogen and oxygen atoms in total. The Morgan fingerprint density at radius 3 is 2.36 bits per heavy atom. The van der Waals surface area contributed by atoms with Gasteiger partial charge < -0.3 is 16.2 Å². The minimum Gasteiger partial charge on any atom is -0.394 e. The molecule has 3 rings (SSSR count). The van der Waals surface area contributed by atoms with E-state index in [1.54, 1.807) is 24.3 Å². The summed E-state index contributed by atoms with van der Waals surface area (Å²) in [6.45, 7) is -0.310. The lowest BCUT2D eigenvalue weighted by Crippen LogP contribution is -2.39. The number of rotatable bonds is 8. The van der Waals surface area contributed by atoms with Crippen molar-refractivity contribution in [2.24, 2.45) is 10.9 Å². The van der Waals surface area contributed by atoms with Crippen LogP contribution in [0.5, 0.6) is 0 Å². The van der Waals surface area contributed by atoms with Crippen molar-refractivity contribution in [2.45, 2.75) is 17.4 Å². The molecular formula is C23H23FN4O4S. The van der Waals surface area contributed by atoms with Crippen LogP contribution in [0.25, 0.3) is 11.1 Å². The molecule has 0 fully saturated rings. The number of carbonyl (C=O) groups is 1. The molecule has 3 aromatic carbocycles. The first-order valence-electron chi connectivity index (χ1n) is 9.86. The zero-order chi connectivity index (χ0) is 24.2. The third-order valence-electron chi connectivity index (χ3n) is 4.98. The van der Waals surface area contributed by atoms with Crippen molar-refractivity contribution in [1.29, 1.82) is 5.41 Å². The van der Waals surface area contributed by atoms with Crippen molar-refractivity contribution in [3.63, 3.8) is 0 Å². The number of halogens is 1. The highest BCUT2D eigenvalue weighted by molar-refractivity contribution is 7.89. The molecule has 0 radical (unpaired) electrons. The number of hydrogen-bond acceptors (Lipinski definition) is 5. The number of amidine groups is 1. The number of primary sulfonamides is 1. The van der Waals surface area contributed by atoms with E-state index in [9.17, 15) is 22.7 Å². The SMILES string of the molecule is N=C(N)c1cccc(C[C@@H](CO)NC(=O)c2ccc(-c3cc(F)ccc3S(N)(=O)=O)cc2)c1. The van der Waals surface area contributed by atoms with Crippen molar-refractivity contribution < 1.29 is 22.7 Å². The average molecular weight is 471 g/mol. The van der Waals surface area contributed by atoms with Crippen LogP contribution in [0.2, 0.25) is 0 Å². The van der Waals surface area contributed by atoms with Gasteiger partial charge in [0.2, 0.25) is 10.0 Å². The van der Waals surface area contributed by atoms with Gasteiger partial charge in [-0.1, -0.05) is 30.3 Å². The zero-order valence-electron chi connectivity index (χ0n) is 17.5. The predicted octanol–water partition coefficient (Wildman–Crippen LogP) is 1.76. The fraction of sp³-hybridized carbons (Fsp3) is 0.130.